The van der Waals surface area contributed by atoms with Gasteiger partial charge in [0.15, 0.2) is 5.13 Å². The fourth-order valence-electron chi connectivity index (χ4n) is 2.32. The molecular weight excluding hydrogens is 246 g/mol. The van der Waals surface area contributed by atoms with E-state index in [1.54, 1.807) is 0 Å². The van der Waals surface area contributed by atoms with Crippen molar-refractivity contribution >= 4 is 27.4 Å². The van der Waals surface area contributed by atoms with Crippen LogP contribution in [0.15, 0.2) is 0 Å². The maximum Gasteiger partial charge on any atom is 0.228 e. The van der Waals surface area contributed by atoms with Crippen LogP contribution in [0.3, 0.4) is 0 Å². The third-order valence-electron chi connectivity index (χ3n) is 3.43. The topological polar surface area (TPSA) is 68.0 Å². The van der Waals surface area contributed by atoms with Crippen LogP contribution in [-0.4, -0.2) is 10.9 Å². The fourth-order valence-corrected chi connectivity index (χ4v) is 3.14. The van der Waals surface area contributed by atoms with E-state index in [9.17, 15) is 4.79 Å². The van der Waals surface area contributed by atoms with Crippen molar-refractivity contribution in [2.24, 2.45) is 5.92 Å². The number of hydrogen-bond donors (Lipinski definition) is 2. The van der Waals surface area contributed by atoms with Gasteiger partial charge in [0.2, 0.25) is 5.91 Å². The molecule has 18 heavy (non-hydrogen) atoms. The Balaban J connectivity index is 2.08. The van der Waals surface area contributed by atoms with E-state index in [0.29, 0.717) is 11.0 Å². The lowest BCUT2D eigenvalue weighted by atomic mass is 9.87. The summed E-state index contributed by atoms with van der Waals surface area (Å²) in [7, 11) is 0. The van der Waals surface area contributed by atoms with Gasteiger partial charge in [-0.15, -0.1) is 0 Å². The van der Waals surface area contributed by atoms with Gasteiger partial charge in [0, 0.05) is 11.8 Å². The van der Waals surface area contributed by atoms with Crippen LogP contribution in [0.2, 0.25) is 0 Å². The molecule has 1 fully saturated rings. The predicted molar refractivity (Wildman–Crippen MR) is 75.8 cm³/mol. The number of rotatable bonds is 3. The van der Waals surface area contributed by atoms with E-state index >= 15 is 0 Å². The SMILES string of the molecule is CC(C)C(=O)Nc1nc(C2CCCCC2)c(N)s1. The normalized spacial score (nSPS) is 17.1. The Hall–Kier alpha value is -1.10. The molecule has 0 bridgehead atoms. The number of carbonyl (C=O) groups excluding carboxylic acids is 1. The monoisotopic (exact) mass is 267 g/mol. The molecule has 3 N–H and O–H groups in total. The molecule has 1 aliphatic rings. The van der Waals surface area contributed by atoms with Crippen molar-refractivity contribution in [1.82, 2.24) is 4.98 Å². The molecule has 1 aliphatic carbocycles. The molecule has 1 aromatic rings. The zero-order chi connectivity index (χ0) is 13.1. The molecule has 2 rings (SSSR count). The minimum atomic E-state index is -0.0340. The summed E-state index contributed by atoms with van der Waals surface area (Å²) < 4.78 is 0. The lowest BCUT2D eigenvalue weighted by Gasteiger charge is -2.20. The quantitative estimate of drug-likeness (QED) is 0.882. The second-order valence-corrected chi connectivity index (χ2v) is 6.28. The highest BCUT2D eigenvalue weighted by molar-refractivity contribution is 7.19. The van der Waals surface area contributed by atoms with Crippen molar-refractivity contribution in [2.75, 3.05) is 11.1 Å². The molecule has 0 aromatic carbocycles. The van der Waals surface area contributed by atoms with E-state index in [1.807, 2.05) is 13.8 Å². The molecule has 0 saturated heterocycles. The molecule has 0 atom stereocenters. The number of nitrogens with one attached hydrogen (secondary N) is 1. The lowest BCUT2D eigenvalue weighted by Crippen LogP contribution is -2.17. The summed E-state index contributed by atoms with van der Waals surface area (Å²) in [5.41, 5.74) is 7.03. The Morgan fingerprint density at radius 1 is 1.39 bits per heavy atom. The van der Waals surface area contributed by atoms with Gasteiger partial charge in [-0.05, 0) is 12.8 Å². The maximum absolute atomic E-state index is 11.6. The maximum atomic E-state index is 11.6. The zero-order valence-corrected chi connectivity index (χ0v) is 11.8. The Labute approximate surface area is 112 Å². The zero-order valence-electron chi connectivity index (χ0n) is 11.0. The van der Waals surface area contributed by atoms with Crippen LogP contribution >= 0.6 is 11.3 Å². The Bertz CT molecular complexity index is 422. The second kappa shape index (κ2) is 5.69. The first-order valence-corrected chi connectivity index (χ1v) is 7.46. The lowest BCUT2D eigenvalue weighted by molar-refractivity contribution is -0.118. The minimum Gasteiger partial charge on any atom is -0.389 e. The van der Waals surface area contributed by atoms with Gasteiger partial charge in [0.1, 0.15) is 5.00 Å². The van der Waals surface area contributed by atoms with Crippen molar-refractivity contribution in [3.63, 3.8) is 0 Å². The summed E-state index contributed by atoms with van der Waals surface area (Å²) in [4.78, 5) is 16.1. The van der Waals surface area contributed by atoms with Crippen molar-refractivity contribution in [1.29, 1.82) is 0 Å². The number of nitrogens with zero attached hydrogens (tertiary/aromatic N) is 1. The summed E-state index contributed by atoms with van der Waals surface area (Å²) in [5.74, 6) is 0.451. The molecule has 0 aliphatic heterocycles. The summed E-state index contributed by atoms with van der Waals surface area (Å²) in [6.45, 7) is 3.74. The summed E-state index contributed by atoms with van der Waals surface area (Å²) >= 11 is 1.39. The van der Waals surface area contributed by atoms with E-state index in [0.717, 1.165) is 10.7 Å². The molecule has 5 heteroatoms. The van der Waals surface area contributed by atoms with E-state index in [-0.39, 0.29) is 11.8 Å². The van der Waals surface area contributed by atoms with Gasteiger partial charge in [0.25, 0.3) is 0 Å². The highest BCUT2D eigenvalue weighted by atomic mass is 32.1. The smallest absolute Gasteiger partial charge is 0.228 e. The van der Waals surface area contributed by atoms with Gasteiger partial charge in [-0.3, -0.25) is 4.79 Å². The molecule has 1 heterocycles. The first-order valence-electron chi connectivity index (χ1n) is 6.65. The van der Waals surface area contributed by atoms with Gasteiger partial charge >= 0.3 is 0 Å². The van der Waals surface area contributed by atoms with Gasteiger partial charge < -0.3 is 11.1 Å². The predicted octanol–water partition coefficient (Wildman–Crippen LogP) is 3.37. The number of nitrogen functional groups attached to an aromatic ring is 1. The van der Waals surface area contributed by atoms with Crippen molar-refractivity contribution < 1.29 is 4.79 Å². The van der Waals surface area contributed by atoms with Crippen LogP contribution in [0.5, 0.6) is 0 Å². The van der Waals surface area contributed by atoms with Crippen LogP contribution in [0.4, 0.5) is 10.1 Å². The average Bonchev–Trinajstić information content (AvgIpc) is 2.71. The summed E-state index contributed by atoms with van der Waals surface area (Å²) in [6.07, 6.45) is 6.18. The second-order valence-electron chi connectivity index (χ2n) is 5.25. The molecule has 100 valence electrons. The number of hydrogen-bond acceptors (Lipinski definition) is 4. The first-order chi connectivity index (χ1) is 8.58. The summed E-state index contributed by atoms with van der Waals surface area (Å²) in [6, 6.07) is 0. The van der Waals surface area contributed by atoms with E-state index in [1.165, 1.54) is 43.4 Å². The molecule has 1 saturated carbocycles. The number of anilines is 2. The van der Waals surface area contributed by atoms with Crippen molar-refractivity contribution in [3.05, 3.63) is 5.69 Å². The van der Waals surface area contributed by atoms with Crippen LogP contribution in [-0.2, 0) is 4.79 Å². The Kier molecular flexibility index (Phi) is 4.22. The number of aromatic nitrogens is 1. The van der Waals surface area contributed by atoms with E-state index in [4.69, 9.17) is 5.73 Å². The number of thiazole rings is 1. The summed E-state index contributed by atoms with van der Waals surface area (Å²) in [5, 5.41) is 4.24. The third-order valence-corrected chi connectivity index (χ3v) is 4.24. The van der Waals surface area contributed by atoms with E-state index in [2.05, 4.69) is 10.3 Å². The van der Waals surface area contributed by atoms with Crippen LogP contribution < -0.4 is 11.1 Å². The average molecular weight is 267 g/mol. The van der Waals surface area contributed by atoms with Gasteiger partial charge in [-0.1, -0.05) is 44.4 Å². The largest absolute Gasteiger partial charge is 0.389 e. The third kappa shape index (κ3) is 3.02. The Morgan fingerprint density at radius 3 is 2.67 bits per heavy atom. The minimum absolute atomic E-state index is 0.000978. The number of carbonyl (C=O) groups is 1. The highest BCUT2D eigenvalue weighted by Crippen LogP contribution is 2.38. The highest BCUT2D eigenvalue weighted by Gasteiger charge is 2.22. The van der Waals surface area contributed by atoms with E-state index < -0.39 is 0 Å². The molecule has 0 spiro atoms. The van der Waals surface area contributed by atoms with Crippen LogP contribution in [0.1, 0.15) is 57.6 Å². The van der Waals surface area contributed by atoms with Gasteiger partial charge in [-0.25, -0.2) is 4.98 Å². The van der Waals surface area contributed by atoms with Crippen LogP contribution in [0, 0.1) is 5.92 Å². The number of nitrogens with two attached hydrogens (primary N) is 1. The molecule has 1 amide bonds. The fraction of sp³-hybridized carbons (Fsp3) is 0.692. The number of amides is 1. The Morgan fingerprint density at radius 2 is 2.06 bits per heavy atom. The first kappa shape index (κ1) is 13.3. The standard InChI is InChI=1S/C13H21N3OS/c1-8(2)12(17)16-13-15-10(11(14)18-13)9-6-4-3-5-7-9/h8-9H,3-7,14H2,1-2H3,(H,15,16,17). The molecule has 0 unspecified atom stereocenters. The van der Waals surface area contributed by atoms with Crippen molar-refractivity contribution in [2.45, 2.75) is 51.9 Å². The van der Waals surface area contributed by atoms with Crippen molar-refractivity contribution in [3.8, 4) is 0 Å². The van der Waals surface area contributed by atoms with Gasteiger partial charge in [0.05, 0.1) is 5.69 Å². The van der Waals surface area contributed by atoms with Crippen LogP contribution in [0.25, 0.3) is 0 Å². The molecule has 0 radical (unpaired) electrons. The molecule has 1 aromatic heterocycles. The molecule has 4 nitrogen and oxygen atoms in total. The molecular formula is C13H21N3OS. The van der Waals surface area contributed by atoms with Gasteiger partial charge in [-0.2, -0.15) is 0 Å².